The van der Waals surface area contributed by atoms with Gasteiger partial charge in [0.2, 0.25) is 0 Å². The lowest BCUT2D eigenvalue weighted by molar-refractivity contribution is -0.143. The number of hydrogen-bond donors (Lipinski definition) is 2. The van der Waals surface area contributed by atoms with E-state index in [1.807, 2.05) is 0 Å². The predicted molar refractivity (Wildman–Crippen MR) is 86.5 cm³/mol. The van der Waals surface area contributed by atoms with Crippen LogP contribution in [0.15, 0.2) is 30.6 Å². The normalized spacial score (nSPS) is 16.2. The third kappa shape index (κ3) is 5.12. The number of β-amino-alcohol motifs (C(OH)–C–C–N with tert-alkyl or cyclic N) is 1. The molecule has 1 aromatic heterocycles. The molecule has 1 saturated heterocycles. The number of alkyl halides is 6. The third-order valence-electron chi connectivity index (χ3n) is 3.86. The highest BCUT2D eigenvalue weighted by Gasteiger charge is 2.37. The lowest BCUT2D eigenvalue weighted by atomic mass is 10.0. The standard InChI is InChI=1S/C16H13F6N5O2/c17-15(18,19)10-3-9(4-11(5-10)16(20,21)22)14-23-8-26(25-14)2-1-13(29)24-27-6-12(28)7-27/h1-5,8,12,28H,6-7H2,(H,24,29)/b2-1-. The molecule has 1 amide bonds. The Balaban J connectivity index is 1.80. The Labute approximate surface area is 159 Å². The largest absolute Gasteiger partial charge is 0.416 e. The smallest absolute Gasteiger partial charge is 0.390 e. The number of carbonyl (C=O) groups is 1. The van der Waals surface area contributed by atoms with Gasteiger partial charge in [-0.2, -0.15) is 26.3 Å². The molecule has 1 aliphatic rings. The number of nitrogens with zero attached hydrogens (tertiary/aromatic N) is 4. The van der Waals surface area contributed by atoms with Gasteiger partial charge in [0.15, 0.2) is 5.82 Å². The minimum Gasteiger partial charge on any atom is -0.390 e. The van der Waals surface area contributed by atoms with Crippen LogP contribution in [0, 0.1) is 0 Å². The number of halogens is 6. The number of aliphatic hydroxyl groups is 1. The van der Waals surface area contributed by atoms with Crippen LogP contribution in [0.1, 0.15) is 11.1 Å². The van der Waals surface area contributed by atoms with Gasteiger partial charge in [-0.25, -0.2) is 14.7 Å². The SMILES string of the molecule is O=C(/C=C\n1cnc(-c2cc(C(F)(F)F)cc(C(F)(F)F)c2)n1)NN1CC(O)C1. The van der Waals surface area contributed by atoms with E-state index in [2.05, 4.69) is 15.5 Å². The average molecular weight is 421 g/mol. The lowest BCUT2D eigenvalue weighted by Gasteiger charge is -2.35. The van der Waals surface area contributed by atoms with Crippen molar-refractivity contribution in [2.75, 3.05) is 13.1 Å². The number of amides is 1. The maximum Gasteiger partial charge on any atom is 0.416 e. The maximum atomic E-state index is 12.9. The number of carbonyl (C=O) groups excluding carboxylic acids is 1. The number of benzene rings is 1. The summed E-state index contributed by atoms with van der Waals surface area (Å²) >= 11 is 0. The monoisotopic (exact) mass is 421 g/mol. The topological polar surface area (TPSA) is 83.3 Å². The van der Waals surface area contributed by atoms with Crippen LogP contribution >= 0.6 is 0 Å². The van der Waals surface area contributed by atoms with Crippen molar-refractivity contribution in [2.24, 2.45) is 0 Å². The summed E-state index contributed by atoms with van der Waals surface area (Å²) in [5, 5.41) is 14.3. The molecule has 0 bridgehead atoms. The Morgan fingerprint density at radius 1 is 1.10 bits per heavy atom. The fraction of sp³-hybridized carbons (Fsp3) is 0.312. The molecule has 2 N–H and O–H groups in total. The second-order valence-electron chi connectivity index (χ2n) is 6.19. The van der Waals surface area contributed by atoms with E-state index in [0.717, 1.165) is 23.3 Å². The van der Waals surface area contributed by atoms with Gasteiger partial charge >= 0.3 is 12.4 Å². The number of aromatic nitrogens is 3. The molecule has 0 aliphatic carbocycles. The first-order chi connectivity index (χ1) is 13.4. The molecule has 1 aromatic carbocycles. The van der Waals surface area contributed by atoms with Gasteiger partial charge in [-0.05, 0) is 18.2 Å². The first kappa shape index (κ1) is 20.8. The van der Waals surface area contributed by atoms with Crippen LogP contribution in [0.2, 0.25) is 0 Å². The van der Waals surface area contributed by atoms with Crippen molar-refractivity contribution >= 4 is 12.1 Å². The van der Waals surface area contributed by atoms with Gasteiger partial charge in [0.25, 0.3) is 5.91 Å². The molecule has 2 heterocycles. The van der Waals surface area contributed by atoms with E-state index in [4.69, 9.17) is 5.11 Å². The van der Waals surface area contributed by atoms with Crippen molar-refractivity contribution < 1.29 is 36.2 Å². The average Bonchev–Trinajstić information content (AvgIpc) is 3.06. The zero-order valence-electron chi connectivity index (χ0n) is 14.4. The molecule has 2 aromatic rings. The van der Waals surface area contributed by atoms with Crippen LogP contribution in [0.3, 0.4) is 0 Å². The second kappa shape index (κ2) is 7.48. The molecule has 0 saturated carbocycles. The summed E-state index contributed by atoms with van der Waals surface area (Å²) in [6.07, 6.45) is -7.30. The molecule has 29 heavy (non-hydrogen) atoms. The first-order valence-corrected chi connectivity index (χ1v) is 8.04. The van der Waals surface area contributed by atoms with Gasteiger partial charge in [-0.3, -0.25) is 10.2 Å². The quantitative estimate of drug-likeness (QED) is 0.584. The predicted octanol–water partition coefficient (Wildman–Crippen LogP) is 2.16. The molecular weight excluding hydrogens is 408 g/mol. The van der Waals surface area contributed by atoms with Crippen LogP contribution in [0.25, 0.3) is 17.6 Å². The second-order valence-corrected chi connectivity index (χ2v) is 6.19. The molecule has 1 aliphatic heterocycles. The molecule has 7 nitrogen and oxygen atoms in total. The number of aliphatic hydroxyl groups excluding tert-OH is 1. The van der Waals surface area contributed by atoms with Gasteiger partial charge in [0.05, 0.1) is 17.2 Å². The van der Waals surface area contributed by atoms with Crippen molar-refractivity contribution in [3.8, 4) is 11.4 Å². The summed E-state index contributed by atoms with van der Waals surface area (Å²) in [6.45, 7) is 0.536. The van der Waals surface area contributed by atoms with Crippen molar-refractivity contribution in [2.45, 2.75) is 18.5 Å². The molecule has 0 unspecified atom stereocenters. The number of hydrazine groups is 1. The molecule has 1 fully saturated rings. The summed E-state index contributed by atoms with van der Waals surface area (Å²) in [5.74, 6) is -0.940. The molecule has 3 rings (SSSR count). The van der Waals surface area contributed by atoms with E-state index in [9.17, 15) is 31.1 Å². The highest BCUT2D eigenvalue weighted by molar-refractivity contribution is 5.89. The Kier molecular flexibility index (Phi) is 5.36. The van der Waals surface area contributed by atoms with Crippen molar-refractivity contribution in [1.29, 1.82) is 0 Å². The molecular formula is C16H13F6N5O2. The highest BCUT2D eigenvalue weighted by Crippen LogP contribution is 2.38. The van der Waals surface area contributed by atoms with Crippen LogP contribution < -0.4 is 5.43 Å². The van der Waals surface area contributed by atoms with Crippen LogP contribution in [-0.2, 0) is 17.1 Å². The summed E-state index contributed by atoms with van der Waals surface area (Å²) in [7, 11) is 0. The van der Waals surface area contributed by atoms with E-state index >= 15 is 0 Å². The van der Waals surface area contributed by atoms with Gasteiger partial charge < -0.3 is 5.11 Å². The van der Waals surface area contributed by atoms with Crippen LogP contribution in [0.4, 0.5) is 26.3 Å². The van der Waals surface area contributed by atoms with E-state index in [0.29, 0.717) is 12.1 Å². The fourth-order valence-corrected chi connectivity index (χ4v) is 2.45. The van der Waals surface area contributed by atoms with Gasteiger partial charge in [0, 0.05) is 30.9 Å². The summed E-state index contributed by atoms with van der Waals surface area (Å²) < 4.78 is 78.6. The Morgan fingerprint density at radius 2 is 1.69 bits per heavy atom. The molecule has 13 heteroatoms. The summed E-state index contributed by atoms with van der Waals surface area (Å²) in [6, 6.07) is 1.04. The fourth-order valence-electron chi connectivity index (χ4n) is 2.45. The van der Waals surface area contributed by atoms with Gasteiger partial charge in [0.1, 0.15) is 6.33 Å². The van der Waals surface area contributed by atoms with Crippen molar-refractivity contribution in [3.05, 3.63) is 41.7 Å². The summed E-state index contributed by atoms with van der Waals surface area (Å²) in [5.41, 5.74) is -0.996. The molecule has 0 atom stereocenters. The number of nitrogens with one attached hydrogen (secondary N) is 1. The van der Waals surface area contributed by atoms with Gasteiger partial charge in [-0.1, -0.05) is 0 Å². The Morgan fingerprint density at radius 3 is 2.21 bits per heavy atom. The van der Waals surface area contributed by atoms with Crippen LogP contribution in [-0.4, -0.2) is 50.0 Å². The zero-order chi connectivity index (χ0) is 21.4. The number of rotatable bonds is 4. The van der Waals surface area contributed by atoms with E-state index in [-0.39, 0.29) is 25.0 Å². The van der Waals surface area contributed by atoms with E-state index < -0.39 is 41.1 Å². The zero-order valence-corrected chi connectivity index (χ0v) is 14.4. The Bertz CT molecular complexity index is 898. The van der Waals surface area contributed by atoms with Crippen molar-refractivity contribution in [3.63, 3.8) is 0 Å². The van der Waals surface area contributed by atoms with Gasteiger partial charge in [-0.15, -0.1) is 5.10 Å². The van der Waals surface area contributed by atoms with E-state index in [1.54, 1.807) is 0 Å². The highest BCUT2D eigenvalue weighted by atomic mass is 19.4. The minimum atomic E-state index is -4.99. The first-order valence-electron chi connectivity index (χ1n) is 8.04. The number of hydrogen-bond acceptors (Lipinski definition) is 5. The molecule has 0 radical (unpaired) electrons. The molecule has 156 valence electrons. The molecule has 0 spiro atoms. The third-order valence-corrected chi connectivity index (χ3v) is 3.86. The minimum absolute atomic E-state index is 0.0114. The van der Waals surface area contributed by atoms with E-state index in [1.165, 1.54) is 5.01 Å². The van der Waals surface area contributed by atoms with Crippen molar-refractivity contribution in [1.82, 2.24) is 25.2 Å². The van der Waals surface area contributed by atoms with Crippen LogP contribution in [0.5, 0.6) is 0 Å². The Hall–Kier alpha value is -2.93. The summed E-state index contributed by atoms with van der Waals surface area (Å²) in [4.78, 5) is 15.4. The lowest BCUT2D eigenvalue weighted by Crippen LogP contribution is -2.58. The maximum absolute atomic E-state index is 12.9.